The minimum absolute atomic E-state index is 0.231. The molecule has 17 heavy (non-hydrogen) atoms. The first-order chi connectivity index (χ1) is 8.28. The van der Waals surface area contributed by atoms with Crippen molar-refractivity contribution in [2.24, 2.45) is 0 Å². The maximum Gasteiger partial charge on any atom is 0.312 e. The first-order valence-corrected chi connectivity index (χ1v) is 6.23. The summed E-state index contributed by atoms with van der Waals surface area (Å²) in [6, 6.07) is 8.28. The van der Waals surface area contributed by atoms with Crippen LogP contribution in [-0.2, 0) is 22.4 Å². The monoisotopic (exact) mass is 245 g/mol. The highest BCUT2D eigenvalue weighted by Crippen LogP contribution is 2.39. The van der Waals surface area contributed by atoms with Gasteiger partial charge in [-0.05, 0) is 5.56 Å². The minimum Gasteiger partial charge on any atom is -0.469 e. The molecule has 3 nitrogen and oxygen atoms in total. The van der Waals surface area contributed by atoms with Crippen LogP contribution in [0.15, 0.2) is 24.3 Å². The Balaban J connectivity index is 1.95. The maximum atomic E-state index is 11.2. The van der Waals surface area contributed by atoms with Crippen LogP contribution < -0.4 is 0 Å². The molecule has 0 bridgehead atoms. The Hall–Kier alpha value is -1.68. The van der Waals surface area contributed by atoms with Gasteiger partial charge in [-0.3, -0.25) is 4.79 Å². The Labute approximate surface area is 103 Å². The fourth-order valence-electron chi connectivity index (χ4n) is 2.08. The molecule has 0 N–H and O–H groups in total. The number of carbonyl (C=O) groups excluding carboxylic acids is 1. The van der Waals surface area contributed by atoms with Gasteiger partial charge in [0.2, 0.25) is 0 Å². The number of rotatable bonds is 2. The Morgan fingerprint density at radius 2 is 2.29 bits per heavy atom. The van der Waals surface area contributed by atoms with E-state index in [4.69, 9.17) is 0 Å². The van der Waals surface area contributed by atoms with Gasteiger partial charge in [0, 0.05) is 16.9 Å². The molecule has 2 aromatic rings. The van der Waals surface area contributed by atoms with Crippen molar-refractivity contribution < 1.29 is 9.53 Å². The molecule has 1 aromatic carbocycles. The van der Waals surface area contributed by atoms with Crippen LogP contribution in [0.25, 0.3) is 11.3 Å². The molecular formula is C13H11NO2S. The molecule has 0 spiro atoms. The van der Waals surface area contributed by atoms with Crippen molar-refractivity contribution in [1.29, 1.82) is 0 Å². The Bertz CT molecular complexity index is 589. The number of hydrogen-bond donors (Lipinski definition) is 0. The van der Waals surface area contributed by atoms with Gasteiger partial charge in [0.25, 0.3) is 0 Å². The summed E-state index contributed by atoms with van der Waals surface area (Å²) in [5.41, 5.74) is 3.57. The summed E-state index contributed by atoms with van der Waals surface area (Å²) in [4.78, 5) is 17.0. The van der Waals surface area contributed by atoms with Crippen molar-refractivity contribution in [3.63, 3.8) is 0 Å². The summed E-state index contributed by atoms with van der Waals surface area (Å²) in [6.07, 6.45) is 1.21. The number of carbonyl (C=O) groups is 1. The van der Waals surface area contributed by atoms with Crippen molar-refractivity contribution in [3.05, 3.63) is 39.7 Å². The summed E-state index contributed by atoms with van der Waals surface area (Å²) in [5, 5.41) is 0.844. The van der Waals surface area contributed by atoms with Crippen molar-refractivity contribution in [3.8, 4) is 11.3 Å². The zero-order chi connectivity index (χ0) is 11.8. The number of methoxy groups -OCH3 is 1. The highest BCUT2D eigenvalue weighted by molar-refractivity contribution is 7.12. The molecule has 1 heterocycles. The van der Waals surface area contributed by atoms with Gasteiger partial charge < -0.3 is 4.74 Å². The average molecular weight is 245 g/mol. The summed E-state index contributed by atoms with van der Waals surface area (Å²) >= 11 is 1.61. The van der Waals surface area contributed by atoms with Gasteiger partial charge in [0.05, 0.1) is 19.2 Å². The highest BCUT2D eigenvalue weighted by Gasteiger charge is 2.23. The van der Waals surface area contributed by atoms with E-state index in [9.17, 15) is 4.79 Å². The molecule has 1 aliphatic rings. The molecule has 0 atom stereocenters. The normalized spacial score (nSPS) is 12.1. The summed E-state index contributed by atoms with van der Waals surface area (Å²) in [7, 11) is 1.40. The standard InChI is InChI=1S/C13H11NO2S/c1-16-12(15)7-11-14-13-9-5-3-2-4-8(9)6-10(13)17-11/h2-5H,6-7H2,1H3. The average Bonchev–Trinajstić information content (AvgIpc) is 2.85. The molecule has 1 aromatic heterocycles. The maximum absolute atomic E-state index is 11.2. The molecule has 0 saturated heterocycles. The number of nitrogens with zero attached hydrogens (tertiary/aromatic N) is 1. The van der Waals surface area contributed by atoms with E-state index in [1.807, 2.05) is 12.1 Å². The molecule has 4 heteroatoms. The van der Waals surface area contributed by atoms with Crippen LogP contribution in [-0.4, -0.2) is 18.1 Å². The van der Waals surface area contributed by atoms with Crippen LogP contribution in [0, 0.1) is 0 Å². The van der Waals surface area contributed by atoms with Crippen molar-refractivity contribution in [2.75, 3.05) is 7.11 Å². The third-order valence-electron chi connectivity index (χ3n) is 2.89. The van der Waals surface area contributed by atoms with Crippen molar-refractivity contribution in [1.82, 2.24) is 4.98 Å². The molecule has 0 amide bonds. The lowest BCUT2D eigenvalue weighted by atomic mass is 10.1. The fraction of sp³-hybridized carbons (Fsp3) is 0.231. The van der Waals surface area contributed by atoms with Crippen LogP contribution >= 0.6 is 11.3 Å². The van der Waals surface area contributed by atoms with Gasteiger partial charge in [0.1, 0.15) is 5.01 Å². The van der Waals surface area contributed by atoms with Gasteiger partial charge in [-0.25, -0.2) is 4.98 Å². The van der Waals surface area contributed by atoms with Gasteiger partial charge >= 0.3 is 5.97 Å². The first kappa shape index (κ1) is 10.5. The molecular weight excluding hydrogens is 234 g/mol. The third-order valence-corrected chi connectivity index (χ3v) is 3.94. The second kappa shape index (κ2) is 3.96. The number of ether oxygens (including phenoxy) is 1. The molecule has 3 rings (SSSR count). The van der Waals surface area contributed by atoms with Crippen LogP contribution in [0.1, 0.15) is 15.4 Å². The summed E-state index contributed by atoms with van der Waals surface area (Å²) < 4.78 is 4.65. The smallest absolute Gasteiger partial charge is 0.312 e. The number of esters is 1. The van der Waals surface area contributed by atoms with Crippen molar-refractivity contribution in [2.45, 2.75) is 12.8 Å². The molecule has 1 aliphatic carbocycles. The van der Waals surface area contributed by atoms with E-state index in [0.717, 1.165) is 17.1 Å². The van der Waals surface area contributed by atoms with E-state index >= 15 is 0 Å². The summed E-state index contributed by atoms with van der Waals surface area (Å²) in [5.74, 6) is -0.231. The van der Waals surface area contributed by atoms with Crippen LogP contribution in [0.2, 0.25) is 0 Å². The second-order valence-electron chi connectivity index (χ2n) is 3.97. The molecule has 0 unspecified atom stereocenters. The fourth-order valence-corrected chi connectivity index (χ4v) is 3.17. The van der Waals surface area contributed by atoms with E-state index in [0.29, 0.717) is 0 Å². The SMILES string of the molecule is COC(=O)Cc1nc2c(s1)Cc1ccccc1-2. The molecule has 0 aliphatic heterocycles. The van der Waals surface area contributed by atoms with E-state index in [-0.39, 0.29) is 12.4 Å². The Morgan fingerprint density at radius 1 is 1.47 bits per heavy atom. The molecule has 0 fully saturated rings. The third kappa shape index (κ3) is 1.74. The van der Waals surface area contributed by atoms with Crippen molar-refractivity contribution >= 4 is 17.3 Å². The predicted molar refractivity (Wildman–Crippen MR) is 66.1 cm³/mol. The van der Waals surface area contributed by atoms with E-state index < -0.39 is 0 Å². The Kier molecular flexibility index (Phi) is 2.44. The lowest BCUT2D eigenvalue weighted by molar-refractivity contribution is -0.139. The topological polar surface area (TPSA) is 39.2 Å². The quantitative estimate of drug-likeness (QED) is 0.651. The van der Waals surface area contributed by atoms with Crippen LogP contribution in [0.4, 0.5) is 0 Å². The van der Waals surface area contributed by atoms with E-state index in [2.05, 4.69) is 21.9 Å². The number of thiazole rings is 1. The van der Waals surface area contributed by atoms with Gasteiger partial charge in [-0.1, -0.05) is 24.3 Å². The number of benzene rings is 1. The van der Waals surface area contributed by atoms with E-state index in [1.165, 1.54) is 23.1 Å². The zero-order valence-corrected chi connectivity index (χ0v) is 10.2. The predicted octanol–water partition coefficient (Wildman–Crippen LogP) is 2.43. The molecule has 0 saturated carbocycles. The largest absolute Gasteiger partial charge is 0.469 e. The Morgan fingerprint density at radius 3 is 3.12 bits per heavy atom. The number of aromatic nitrogens is 1. The first-order valence-electron chi connectivity index (χ1n) is 5.41. The van der Waals surface area contributed by atoms with Crippen LogP contribution in [0.5, 0.6) is 0 Å². The zero-order valence-electron chi connectivity index (χ0n) is 9.40. The van der Waals surface area contributed by atoms with Crippen LogP contribution in [0.3, 0.4) is 0 Å². The highest BCUT2D eigenvalue weighted by atomic mass is 32.1. The second-order valence-corrected chi connectivity index (χ2v) is 5.13. The lowest BCUT2D eigenvalue weighted by Gasteiger charge is -1.98. The number of fused-ring (bicyclic) bond motifs is 3. The summed E-state index contributed by atoms with van der Waals surface area (Å²) in [6.45, 7) is 0. The van der Waals surface area contributed by atoms with E-state index in [1.54, 1.807) is 11.3 Å². The van der Waals surface area contributed by atoms with Gasteiger partial charge in [-0.2, -0.15) is 0 Å². The molecule has 86 valence electrons. The molecule has 0 radical (unpaired) electrons. The minimum atomic E-state index is -0.231. The van der Waals surface area contributed by atoms with Gasteiger partial charge in [-0.15, -0.1) is 11.3 Å². The lowest BCUT2D eigenvalue weighted by Crippen LogP contribution is -2.03. The van der Waals surface area contributed by atoms with Gasteiger partial charge in [0.15, 0.2) is 0 Å². The number of hydrogen-bond acceptors (Lipinski definition) is 4.